The summed E-state index contributed by atoms with van der Waals surface area (Å²) in [6, 6.07) is 14.3. The molecule has 1 N–H and O–H groups in total. The molecule has 1 saturated heterocycles. The monoisotopic (exact) mass is 413 g/mol. The van der Waals surface area contributed by atoms with Crippen molar-refractivity contribution in [2.45, 2.75) is 0 Å². The SMILES string of the molecule is COCCNC(=O)CN1CCN(C(=O)C=Cc2ccc(-c3ccccc3)s2)CC1. The normalized spacial score (nSPS) is 15.0. The zero-order valence-corrected chi connectivity index (χ0v) is 17.5. The third-order valence-corrected chi connectivity index (χ3v) is 5.85. The summed E-state index contributed by atoms with van der Waals surface area (Å²) in [6.45, 7) is 4.06. The Balaban J connectivity index is 1.44. The smallest absolute Gasteiger partial charge is 0.246 e. The van der Waals surface area contributed by atoms with E-state index >= 15 is 0 Å². The van der Waals surface area contributed by atoms with E-state index in [1.54, 1.807) is 24.5 Å². The van der Waals surface area contributed by atoms with Crippen molar-refractivity contribution in [2.24, 2.45) is 0 Å². The second kappa shape index (κ2) is 10.9. The topological polar surface area (TPSA) is 61.9 Å². The lowest BCUT2D eigenvalue weighted by Gasteiger charge is -2.33. The molecule has 0 unspecified atom stereocenters. The highest BCUT2D eigenvalue weighted by Gasteiger charge is 2.21. The quantitative estimate of drug-likeness (QED) is 0.533. The van der Waals surface area contributed by atoms with Crippen LogP contribution in [0.5, 0.6) is 0 Å². The molecule has 0 aliphatic carbocycles. The fraction of sp³-hybridized carbons (Fsp3) is 0.364. The van der Waals surface area contributed by atoms with E-state index in [1.807, 2.05) is 35.2 Å². The summed E-state index contributed by atoms with van der Waals surface area (Å²) < 4.78 is 4.92. The number of thiophene rings is 1. The first-order valence-corrected chi connectivity index (χ1v) is 10.6. The van der Waals surface area contributed by atoms with Gasteiger partial charge < -0.3 is 15.0 Å². The van der Waals surface area contributed by atoms with Crippen LogP contribution < -0.4 is 5.32 Å². The number of hydrogen-bond donors (Lipinski definition) is 1. The van der Waals surface area contributed by atoms with Gasteiger partial charge in [-0.3, -0.25) is 14.5 Å². The average Bonchev–Trinajstić information content (AvgIpc) is 3.22. The summed E-state index contributed by atoms with van der Waals surface area (Å²) in [5.41, 5.74) is 1.19. The first-order chi connectivity index (χ1) is 14.2. The third kappa shape index (κ3) is 6.52. The second-order valence-electron chi connectivity index (χ2n) is 6.85. The maximum absolute atomic E-state index is 12.5. The molecule has 1 aliphatic heterocycles. The Morgan fingerprint density at radius 1 is 1.10 bits per heavy atom. The van der Waals surface area contributed by atoms with Gasteiger partial charge in [-0.2, -0.15) is 0 Å². The van der Waals surface area contributed by atoms with Crippen molar-refractivity contribution in [1.82, 2.24) is 15.1 Å². The van der Waals surface area contributed by atoms with Gasteiger partial charge in [0.25, 0.3) is 0 Å². The average molecular weight is 414 g/mol. The third-order valence-electron chi connectivity index (χ3n) is 4.75. The van der Waals surface area contributed by atoms with Gasteiger partial charge in [-0.15, -0.1) is 11.3 Å². The number of hydrogen-bond acceptors (Lipinski definition) is 5. The van der Waals surface area contributed by atoms with Crippen LogP contribution in [-0.4, -0.2) is 74.6 Å². The van der Waals surface area contributed by atoms with E-state index in [9.17, 15) is 9.59 Å². The maximum Gasteiger partial charge on any atom is 0.246 e. The van der Waals surface area contributed by atoms with Crippen molar-refractivity contribution in [3.8, 4) is 10.4 Å². The molecule has 1 aromatic carbocycles. The number of nitrogens with one attached hydrogen (secondary N) is 1. The molecule has 0 radical (unpaired) electrons. The van der Waals surface area contributed by atoms with E-state index in [4.69, 9.17) is 4.74 Å². The number of carbonyl (C=O) groups is 2. The number of nitrogens with zero attached hydrogens (tertiary/aromatic N) is 2. The Hall–Kier alpha value is -2.48. The highest BCUT2D eigenvalue weighted by Crippen LogP contribution is 2.28. The van der Waals surface area contributed by atoms with E-state index in [0.717, 1.165) is 4.88 Å². The largest absolute Gasteiger partial charge is 0.383 e. The van der Waals surface area contributed by atoms with Crippen molar-refractivity contribution in [3.63, 3.8) is 0 Å². The van der Waals surface area contributed by atoms with Gasteiger partial charge in [0.1, 0.15) is 0 Å². The highest BCUT2D eigenvalue weighted by atomic mass is 32.1. The molecule has 2 amide bonds. The van der Waals surface area contributed by atoms with E-state index in [0.29, 0.717) is 45.9 Å². The van der Waals surface area contributed by atoms with Crippen LogP contribution in [0.2, 0.25) is 0 Å². The molecule has 1 aromatic heterocycles. The van der Waals surface area contributed by atoms with Crippen LogP contribution in [0.1, 0.15) is 4.88 Å². The number of carbonyl (C=O) groups excluding carboxylic acids is 2. The van der Waals surface area contributed by atoms with Gasteiger partial charge in [0, 0.05) is 55.7 Å². The van der Waals surface area contributed by atoms with E-state index in [2.05, 4.69) is 28.4 Å². The van der Waals surface area contributed by atoms with Crippen LogP contribution in [-0.2, 0) is 14.3 Å². The number of amides is 2. The molecule has 0 saturated carbocycles. The molecule has 2 aromatic rings. The van der Waals surface area contributed by atoms with Gasteiger partial charge in [0.15, 0.2) is 0 Å². The standard InChI is InChI=1S/C22H27N3O3S/c1-28-16-11-23-21(26)17-24-12-14-25(15-13-24)22(27)10-8-19-7-9-20(29-19)18-5-3-2-4-6-18/h2-10H,11-17H2,1H3,(H,23,26). The predicted molar refractivity (Wildman–Crippen MR) is 117 cm³/mol. The minimum atomic E-state index is -0.00589. The van der Waals surface area contributed by atoms with Crippen molar-refractivity contribution < 1.29 is 14.3 Å². The molecule has 0 spiro atoms. The van der Waals surface area contributed by atoms with Crippen molar-refractivity contribution in [1.29, 1.82) is 0 Å². The molecular weight excluding hydrogens is 386 g/mol. The summed E-state index contributed by atoms with van der Waals surface area (Å²) in [5, 5.41) is 2.82. The first kappa shape index (κ1) is 21.2. The Bertz CT molecular complexity index is 827. The van der Waals surface area contributed by atoms with Crippen LogP contribution in [0.3, 0.4) is 0 Å². The lowest BCUT2D eigenvalue weighted by molar-refractivity contribution is -0.128. The molecule has 29 heavy (non-hydrogen) atoms. The molecule has 0 atom stereocenters. The lowest BCUT2D eigenvalue weighted by Crippen LogP contribution is -2.51. The number of piperazine rings is 1. The van der Waals surface area contributed by atoms with Gasteiger partial charge in [-0.25, -0.2) is 0 Å². The number of ether oxygens (including phenoxy) is 1. The molecule has 7 heteroatoms. The molecule has 6 nitrogen and oxygen atoms in total. The second-order valence-corrected chi connectivity index (χ2v) is 7.96. The molecule has 1 fully saturated rings. The molecule has 2 heterocycles. The molecule has 154 valence electrons. The molecule has 3 rings (SSSR count). The lowest BCUT2D eigenvalue weighted by atomic mass is 10.2. The highest BCUT2D eigenvalue weighted by molar-refractivity contribution is 7.16. The van der Waals surface area contributed by atoms with Crippen molar-refractivity contribution in [2.75, 3.05) is 53.0 Å². The first-order valence-electron chi connectivity index (χ1n) is 9.76. The van der Waals surface area contributed by atoms with Crippen molar-refractivity contribution in [3.05, 3.63) is 53.4 Å². The Morgan fingerprint density at radius 3 is 2.59 bits per heavy atom. The van der Waals surface area contributed by atoms with E-state index in [-0.39, 0.29) is 11.8 Å². The van der Waals surface area contributed by atoms with Gasteiger partial charge in [-0.1, -0.05) is 30.3 Å². The van der Waals surface area contributed by atoms with Gasteiger partial charge in [-0.05, 0) is 23.8 Å². The number of rotatable bonds is 8. The maximum atomic E-state index is 12.5. The Kier molecular flexibility index (Phi) is 7.98. The fourth-order valence-electron chi connectivity index (χ4n) is 3.14. The summed E-state index contributed by atoms with van der Waals surface area (Å²) in [5.74, 6) is 0.0116. The van der Waals surface area contributed by atoms with Crippen LogP contribution in [0.25, 0.3) is 16.5 Å². The molecule has 1 aliphatic rings. The minimum Gasteiger partial charge on any atom is -0.383 e. The van der Waals surface area contributed by atoms with E-state index in [1.165, 1.54) is 10.4 Å². The van der Waals surface area contributed by atoms with Crippen LogP contribution >= 0.6 is 11.3 Å². The summed E-state index contributed by atoms with van der Waals surface area (Å²) in [7, 11) is 1.61. The Morgan fingerprint density at radius 2 is 1.86 bits per heavy atom. The summed E-state index contributed by atoms with van der Waals surface area (Å²) in [6.07, 6.45) is 3.53. The van der Waals surface area contributed by atoms with Gasteiger partial charge in [0.05, 0.1) is 13.2 Å². The van der Waals surface area contributed by atoms with Crippen molar-refractivity contribution >= 4 is 29.2 Å². The zero-order chi connectivity index (χ0) is 20.5. The minimum absolute atomic E-state index is 0.00589. The van der Waals surface area contributed by atoms with Crippen LogP contribution in [0.4, 0.5) is 0 Å². The van der Waals surface area contributed by atoms with E-state index < -0.39 is 0 Å². The summed E-state index contributed by atoms with van der Waals surface area (Å²) in [4.78, 5) is 30.5. The van der Waals surface area contributed by atoms with Crippen LogP contribution in [0.15, 0.2) is 48.5 Å². The fourth-order valence-corrected chi connectivity index (χ4v) is 4.05. The van der Waals surface area contributed by atoms with Crippen LogP contribution in [0, 0.1) is 0 Å². The van der Waals surface area contributed by atoms with Gasteiger partial charge >= 0.3 is 0 Å². The zero-order valence-electron chi connectivity index (χ0n) is 16.7. The summed E-state index contributed by atoms with van der Waals surface area (Å²) >= 11 is 1.67. The molecular formula is C22H27N3O3S. The number of benzene rings is 1. The molecule has 0 bridgehead atoms. The Labute approximate surface area is 175 Å². The predicted octanol–water partition coefficient (Wildman–Crippen LogP) is 2.34. The van der Waals surface area contributed by atoms with Gasteiger partial charge in [0.2, 0.25) is 11.8 Å². The number of methoxy groups -OCH3 is 1.